The van der Waals surface area contributed by atoms with Gasteiger partial charge >= 0.3 is 0 Å². The van der Waals surface area contributed by atoms with E-state index in [1.807, 2.05) is 36.0 Å². The Balaban J connectivity index is 3.28. The zero-order valence-corrected chi connectivity index (χ0v) is 23.8. The van der Waals surface area contributed by atoms with Crippen molar-refractivity contribution in [2.45, 2.75) is 89.1 Å². The molecule has 0 heterocycles. The van der Waals surface area contributed by atoms with Gasteiger partial charge in [-0.05, 0) is 61.2 Å². The van der Waals surface area contributed by atoms with Gasteiger partial charge in [0, 0.05) is 24.3 Å². The molecule has 0 radical (unpaired) electrons. The predicted molar refractivity (Wildman–Crippen MR) is 153 cm³/mol. The van der Waals surface area contributed by atoms with Gasteiger partial charge in [0.2, 0.25) is 0 Å². The highest BCUT2D eigenvalue weighted by Gasteiger charge is 2.13. The van der Waals surface area contributed by atoms with Gasteiger partial charge in [-0.15, -0.1) is 0 Å². The van der Waals surface area contributed by atoms with Crippen molar-refractivity contribution in [2.75, 3.05) is 47.0 Å². The highest BCUT2D eigenvalue weighted by atomic mass is 32.2. The number of hydrogen-bond donors (Lipinski definition) is 2. The Morgan fingerprint density at radius 3 is 1.25 bits per heavy atom. The van der Waals surface area contributed by atoms with Crippen molar-refractivity contribution in [3.05, 3.63) is 0 Å². The zero-order valence-electron chi connectivity index (χ0n) is 20.5. The summed E-state index contributed by atoms with van der Waals surface area (Å²) in [4.78, 5) is 23.8. The van der Waals surface area contributed by atoms with Crippen LogP contribution in [-0.2, 0) is 9.59 Å². The summed E-state index contributed by atoms with van der Waals surface area (Å²) in [7, 11) is 0. The van der Waals surface area contributed by atoms with Gasteiger partial charge in [0.25, 0.3) is 0 Å². The smallest absolute Gasteiger partial charge is 0.150 e. The third-order valence-corrected chi connectivity index (χ3v) is 8.83. The molecule has 0 aliphatic heterocycles. The summed E-state index contributed by atoms with van der Waals surface area (Å²) in [5.74, 6) is 6.55. The molecule has 0 aromatic carbocycles. The number of carbonyl (C=O) groups is 2. The summed E-state index contributed by atoms with van der Waals surface area (Å²) >= 11 is 7.29. The highest BCUT2D eigenvalue weighted by Crippen LogP contribution is 2.14. The molecule has 0 aromatic rings. The molecule has 0 aliphatic carbocycles. The normalized spacial score (nSPS) is 13.2. The average Bonchev–Trinajstić information content (AvgIpc) is 2.80. The fraction of sp³-hybridized carbons (Fsp3) is 0.917. The first-order valence-corrected chi connectivity index (χ1v) is 17.3. The fourth-order valence-corrected chi connectivity index (χ4v) is 6.10. The average molecular weight is 525 g/mol. The van der Waals surface area contributed by atoms with Gasteiger partial charge in [0.15, 0.2) is 0 Å². The number of nitrogens with two attached hydrogens (primary N) is 2. The van der Waals surface area contributed by atoms with Crippen LogP contribution in [0.3, 0.4) is 0 Å². The third-order valence-electron chi connectivity index (χ3n) is 5.41. The van der Waals surface area contributed by atoms with E-state index in [1.54, 1.807) is 23.5 Å². The lowest BCUT2D eigenvalue weighted by Gasteiger charge is -2.09. The summed E-state index contributed by atoms with van der Waals surface area (Å²) in [6.07, 6.45) is 17.4. The molecule has 4 N–H and O–H groups in total. The molecule has 190 valence electrons. The first-order valence-electron chi connectivity index (χ1n) is 12.2. The molecule has 0 bridgehead atoms. The maximum absolute atomic E-state index is 11.9. The number of Topliss-reactive ketones (excluding diaryl/α,β-unsaturated/α-hetero) is 2. The molecule has 0 aromatic heterocycles. The van der Waals surface area contributed by atoms with Gasteiger partial charge in [0.1, 0.15) is 11.6 Å². The molecular weight excluding hydrogens is 477 g/mol. The number of thioether (sulfide) groups is 4. The van der Waals surface area contributed by atoms with Crippen molar-refractivity contribution in [1.82, 2.24) is 0 Å². The fourth-order valence-electron chi connectivity index (χ4n) is 3.20. The number of unbranched alkanes of at least 4 members (excludes halogenated alkanes) is 7. The molecule has 4 nitrogen and oxygen atoms in total. The van der Waals surface area contributed by atoms with Crippen molar-refractivity contribution >= 4 is 58.6 Å². The molecule has 32 heavy (non-hydrogen) atoms. The van der Waals surface area contributed by atoms with Crippen LogP contribution in [-0.4, -0.2) is 70.7 Å². The molecule has 0 spiro atoms. The number of carbonyl (C=O) groups excluding carboxylic acids is 2. The Bertz CT molecular complexity index is 416. The lowest BCUT2D eigenvalue weighted by molar-refractivity contribution is -0.120. The second-order valence-corrected chi connectivity index (χ2v) is 12.7. The Morgan fingerprint density at radius 1 is 0.562 bits per heavy atom. The first kappa shape index (κ1) is 32.7. The van der Waals surface area contributed by atoms with Crippen LogP contribution < -0.4 is 11.5 Å². The lowest BCUT2D eigenvalue weighted by Crippen LogP contribution is -2.31. The molecule has 8 heteroatoms. The highest BCUT2D eigenvalue weighted by molar-refractivity contribution is 7.99. The Kier molecular flexibility index (Phi) is 25.3. The minimum absolute atomic E-state index is 0.226. The number of hydrogen-bond acceptors (Lipinski definition) is 8. The Hall–Kier alpha value is 0.660. The summed E-state index contributed by atoms with van der Waals surface area (Å²) in [5, 5.41) is 0. The lowest BCUT2D eigenvalue weighted by atomic mass is 10.1. The Labute approximate surface area is 215 Å². The molecule has 0 aliphatic rings. The summed E-state index contributed by atoms with van der Waals surface area (Å²) in [6, 6.07) is -0.520. The first-order chi connectivity index (χ1) is 15.5. The van der Waals surface area contributed by atoms with E-state index in [1.165, 1.54) is 51.4 Å². The maximum atomic E-state index is 11.9. The standard InChI is InChI=1S/C24H48N2O2S4/c1-29-17-11-21(25)23(27)13-19-31-15-9-7-5-3-4-6-8-10-16-32-20-14-24(28)22(26)12-18-30-2/h21-22H,3-20,25-26H2,1-2H3/t21-,22-/m0/s1. The van der Waals surface area contributed by atoms with Gasteiger partial charge in [-0.3, -0.25) is 9.59 Å². The van der Waals surface area contributed by atoms with Crippen LogP contribution >= 0.6 is 47.0 Å². The number of rotatable bonds is 25. The SMILES string of the molecule is CSCC[C@H](N)C(=O)CCSCCCCCCCCCCSCCC(=O)[C@@H](N)CCSC. The topological polar surface area (TPSA) is 86.2 Å². The van der Waals surface area contributed by atoms with Crippen LogP contribution in [0.4, 0.5) is 0 Å². The van der Waals surface area contributed by atoms with E-state index in [0.29, 0.717) is 12.8 Å². The number of ketones is 2. The van der Waals surface area contributed by atoms with Gasteiger partial charge in [-0.1, -0.05) is 38.5 Å². The second kappa shape index (κ2) is 24.8. The maximum Gasteiger partial charge on any atom is 0.150 e. The summed E-state index contributed by atoms with van der Waals surface area (Å²) in [5.41, 5.74) is 11.8. The molecule has 0 saturated carbocycles. The van der Waals surface area contributed by atoms with E-state index < -0.39 is 0 Å². The van der Waals surface area contributed by atoms with E-state index >= 15 is 0 Å². The van der Waals surface area contributed by atoms with Crippen LogP contribution in [0.5, 0.6) is 0 Å². The minimum Gasteiger partial charge on any atom is -0.321 e. The molecule has 2 atom stereocenters. The Morgan fingerprint density at radius 2 is 0.906 bits per heavy atom. The molecular formula is C24H48N2O2S4. The van der Waals surface area contributed by atoms with Crippen molar-refractivity contribution < 1.29 is 9.59 Å². The van der Waals surface area contributed by atoms with E-state index in [-0.39, 0.29) is 23.7 Å². The van der Waals surface area contributed by atoms with Gasteiger partial charge in [0.05, 0.1) is 12.1 Å². The molecule has 0 saturated heterocycles. The second-order valence-electron chi connectivity index (χ2n) is 8.26. The van der Waals surface area contributed by atoms with Crippen molar-refractivity contribution in [3.63, 3.8) is 0 Å². The van der Waals surface area contributed by atoms with Gasteiger partial charge in [-0.25, -0.2) is 0 Å². The van der Waals surface area contributed by atoms with Crippen LogP contribution in [0.25, 0.3) is 0 Å². The minimum atomic E-state index is -0.260. The monoisotopic (exact) mass is 524 g/mol. The quantitative estimate of drug-likeness (QED) is 0.148. The molecule has 0 rings (SSSR count). The van der Waals surface area contributed by atoms with Crippen molar-refractivity contribution in [3.8, 4) is 0 Å². The van der Waals surface area contributed by atoms with Crippen LogP contribution in [0.15, 0.2) is 0 Å². The van der Waals surface area contributed by atoms with Gasteiger partial charge in [-0.2, -0.15) is 47.0 Å². The van der Waals surface area contributed by atoms with E-state index in [9.17, 15) is 9.59 Å². The van der Waals surface area contributed by atoms with Crippen LogP contribution in [0.1, 0.15) is 77.0 Å². The van der Waals surface area contributed by atoms with E-state index in [0.717, 1.165) is 47.4 Å². The van der Waals surface area contributed by atoms with Crippen LogP contribution in [0.2, 0.25) is 0 Å². The van der Waals surface area contributed by atoms with E-state index in [2.05, 4.69) is 0 Å². The molecule has 0 fully saturated rings. The van der Waals surface area contributed by atoms with E-state index in [4.69, 9.17) is 11.5 Å². The summed E-state index contributed by atoms with van der Waals surface area (Å²) < 4.78 is 0. The largest absolute Gasteiger partial charge is 0.321 e. The molecule has 0 unspecified atom stereocenters. The summed E-state index contributed by atoms with van der Waals surface area (Å²) in [6.45, 7) is 0. The van der Waals surface area contributed by atoms with Crippen molar-refractivity contribution in [2.24, 2.45) is 11.5 Å². The van der Waals surface area contributed by atoms with Crippen LogP contribution in [0, 0.1) is 0 Å². The van der Waals surface area contributed by atoms with Crippen molar-refractivity contribution in [1.29, 1.82) is 0 Å². The zero-order chi connectivity index (χ0) is 23.9. The molecule has 0 amide bonds. The van der Waals surface area contributed by atoms with Gasteiger partial charge < -0.3 is 11.5 Å². The predicted octanol–water partition coefficient (Wildman–Crippen LogP) is 5.65. The third kappa shape index (κ3) is 21.2.